The molecule has 1 N–H and O–H groups in total. The van der Waals surface area contributed by atoms with E-state index in [0.29, 0.717) is 0 Å². The fourth-order valence-corrected chi connectivity index (χ4v) is 1.76. The summed E-state index contributed by atoms with van der Waals surface area (Å²) in [4.78, 5) is 2.20. The Balaban J connectivity index is 2.13. The summed E-state index contributed by atoms with van der Waals surface area (Å²) in [5.74, 6) is 1.00. The van der Waals surface area contributed by atoms with Crippen LogP contribution >= 0.6 is 0 Å². The lowest BCUT2D eigenvalue weighted by molar-refractivity contribution is 0.309. The number of benzene rings is 1. The molecule has 0 aliphatic carbocycles. The van der Waals surface area contributed by atoms with E-state index in [0.717, 1.165) is 32.0 Å². The van der Waals surface area contributed by atoms with Gasteiger partial charge in [-0.15, -0.1) is 0 Å². The molecule has 0 radical (unpaired) electrons. The molecule has 0 aliphatic heterocycles. The monoisotopic (exact) mass is 250 g/mol. The quantitative estimate of drug-likeness (QED) is 0.716. The summed E-state index contributed by atoms with van der Waals surface area (Å²) in [5.41, 5.74) is 2.52. The second-order valence-electron chi connectivity index (χ2n) is 4.95. The highest BCUT2D eigenvalue weighted by Crippen LogP contribution is 2.20. The predicted molar refractivity (Wildman–Crippen MR) is 77.5 cm³/mol. The van der Waals surface area contributed by atoms with E-state index in [4.69, 9.17) is 4.74 Å². The first-order chi connectivity index (χ1) is 8.61. The first-order valence-corrected chi connectivity index (χ1v) is 6.65. The molecule has 1 aromatic carbocycles. The number of hydrogen-bond acceptors (Lipinski definition) is 3. The van der Waals surface area contributed by atoms with E-state index in [1.807, 2.05) is 12.1 Å². The lowest BCUT2D eigenvalue weighted by Crippen LogP contribution is -2.25. The molecule has 0 amide bonds. The molecule has 0 heterocycles. The summed E-state index contributed by atoms with van der Waals surface area (Å²) < 4.78 is 5.77. The molecule has 3 nitrogen and oxygen atoms in total. The highest BCUT2D eigenvalue weighted by atomic mass is 16.5. The van der Waals surface area contributed by atoms with Crippen LogP contribution in [0.4, 0.5) is 0 Å². The molecule has 102 valence electrons. The minimum atomic E-state index is 0.728. The SMILES string of the molecule is Cc1cccc(OCCNCCCN(C)C)c1C. The molecule has 0 aliphatic rings. The molecule has 0 fully saturated rings. The van der Waals surface area contributed by atoms with Crippen LogP contribution in [0.1, 0.15) is 17.5 Å². The van der Waals surface area contributed by atoms with Crippen LogP contribution in [0.2, 0.25) is 0 Å². The van der Waals surface area contributed by atoms with Crippen LogP contribution in [0.3, 0.4) is 0 Å². The maximum absolute atomic E-state index is 5.77. The van der Waals surface area contributed by atoms with E-state index in [1.165, 1.54) is 17.5 Å². The number of rotatable bonds is 8. The molecule has 0 spiro atoms. The Kier molecular flexibility index (Phi) is 6.76. The van der Waals surface area contributed by atoms with Gasteiger partial charge in [0.2, 0.25) is 0 Å². The molecular weight excluding hydrogens is 224 g/mol. The van der Waals surface area contributed by atoms with E-state index >= 15 is 0 Å². The van der Waals surface area contributed by atoms with Gasteiger partial charge in [0.15, 0.2) is 0 Å². The Morgan fingerprint density at radius 3 is 2.67 bits per heavy atom. The van der Waals surface area contributed by atoms with Gasteiger partial charge in [0, 0.05) is 6.54 Å². The first kappa shape index (κ1) is 15.0. The third-order valence-electron chi connectivity index (χ3n) is 3.05. The van der Waals surface area contributed by atoms with Crippen molar-refractivity contribution in [1.29, 1.82) is 0 Å². The van der Waals surface area contributed by atoms with Gasteiger partial charge >= 0.3 is 0 Å². The molecule has 0 saturated carbocycles. The zero-order valence-corrected chi connectivity index (χ0v) is 12.1. The molecule has 1 aromatic rings. The van der Waals surface area contributed by atoms with Crippen LogP contribution in [-0.2, 0) is 0 Å². The van der Waals surface area contributed by atoms with Crippen molar-refractivity contribution in [2.75, 3.05) is 40.3 Å². The van der Waals surface area contributed by atoms with Crippen molar-refractivity contribution in [3.05, 3.63) is 29.3 Å². The van der Waals surface area contributed by atoms with Crippen LogP contribution in [0, 0.1) is 13.8 Å². The summed E-state index contributed by atoms with van der Waals surface area (Å²) in [6.07, 6.45) is 1.18. The molecule has 1 rings (SSSR count). The van der Waals surface area contributed by atoms with E-state index in [1.54, 1.807) is 0 Å². The van der Waals surface area contributed by atoms with E-state index in [9.17, 15) is 0 Å². The van der Waals surface area contributed by atoms with Gasteiger partial charge in [-0.3, -0.25) is 0 Å². The Bertz CT molecular complexity index is 350. The summed E-state index contributed by atoms with van der Waals surface area (Å²) in [6.45, 7) is 8.03. The smallest absolute Gasteiger partial charge is 0.122 e. The lowest BCUT2D eigenvalue weighted by Gasteiger charge is -2.12. The molecule has 3 heteroatoms. The lowest BCUT2D eigenvalue weighted by atomic mass is 10.1. The highest BCUT2D eigenvalue weighted by Gasteiger charge is 2.00. The molecule has 0 aromatic heterocycles. The number of hydrogen-bond donors (Lipinski definition) is 1. The van der Waals surface area contributed by atoms with Crippen molar-refractivity contribution in [2.24, 2.45) is 0 Å². The average molecular weight is 250 g/mol. The van der Waals surface area contributed by atoms with Crippen molar-refractivity contribution in [3.63, 3.8) is 0 Å². The van der Waals surface area contributed by atoms with Gasteiger partial charge in [0.05, 0.1) is 0 Å². The zero-order valence-electron chi connectivity index (χ0n) is 12.1. The van der Waals surface area contributed by atoms with Crippen molar-refractivity contribution < 1.29 is 4.74 Å². The second kappa shape index (κ2) is 8.11. The number of nitrogens with one attached hydrogen (secondary N) is 1. The van der Waals surface area contributed by atoms with Crippen molar-refractivity contribution in [3.8, 4) is 5.75 Å². The predicted octanol–water partition coefficient (Wildman–Crippen LogP) is 2.22. The Morgan fingerprint density at radius 1 is 1.17 bits per heavy atom. The minimum Gasteiger partial charge on any atom is -0.492 e. The molecule has 0 bridgehead atoms. The third-order valence-corrected chi connectivity index (χ3v) is 3.05. The average Bonchev–Trinajstić information content (AvgIpc) is 2.32. The van der Waals surface area contributed by atoms with Crippen LogP contribution in [-0.4, -0.2) is 45.2 Å². The fraction of sp³-hybridized carbons (Fsp3) is 0.600. The molecule has 0 atom stereocenters. The number of ether oxygens (including phenoxy) is 1. The topological polar surface area (TPSA) is 24.5 Å². The molecule has 0 saturated heterocycles. The Hall–Kier alpha value is -1.06. The van der Waals surface area contributed by atoms with Crippen LogP contribution in [0.5, 0.6) is 5.75 Å². The summed E-state index contributed by atoms with van der Waals surface area (Å²) in [5, 5.41) is 3.39. The maximum Gasteiger partial charge on any atom is 0.122 e. The van der Waals surface area contributed by atoms with E-state index in [2.05, 4.69) is 44.2 Å². The van der Waals surface area contributed by atoms with Crippen LogP contribution < -0.4 is 10.1 Å². The maximum atomic E-state index is 5.77. The molecular formula is C15H26N2O. The number of aryl methyl sites for hydroxylation is 1. The summed E-state index contributed by atoms with van der Waals surface area (Å²) >= 11 is 0. The molecule has 0 unspecified atom stereocenters. The standard InChI is InChI=1S/C15H26N2O/c1-13-7-5-8-15(14(13)2)18-12-10-16-9-6-11-17(3)4/h5,7-8,16H,6,9-12H2,1-4H3. The van der Waals surface area contributed by atoms with Crippen molar-refractivity contribution in [2.45, 2.75) is 20.3 Å². The van der Waals surface area contributed by atoms with E-state index < -0.39 is 0 Å². The first-order valence-electron chi connectivity index (χ1n) is 6.65. The van der Waals surface area contributed by atoms with Crippen LogP contribution in [0.15, 0.2) is 18.2 Å². The Labute approximate surface area is 111 Å². The van der Waals surface area contributed by atoms with Gasteiger partial charge in [-0.05, 0) is 64.6 Å². The fourth-order valence-electron chi connectivity index (χ4n) is 1.76. The molecule has 18 heavy (non-hydrogen) atoms. The third kappa shape index (κ3) is 5.52. The second-order valence-corrected chi connectivity index (χ2v) is 4.95. The Morgan fingerprint density at radius 2 is 1.94 bits per heavy atom. The van der Waals surface area contributed by atoms with Gasteiger partial charge in [-0.2, -0.15) is 0 Å². The normalized spacial score (nSPS) is 10.9. The van der Waals surface area contributed by atoms with Crippen molar-refractivity contribution >= 4 is 0 Å². The van der Waals surface area contributed by atoms with E-state index in [-0.39, 0.29) is 0 Å². The van der Waals surface area contributed by atoms with Crippen molar-refractivity contribution in [1.82, 2.24) is 10.2 Å². The highest BCUT2D eigenvalue weighted by molar-refractivity contribution is 5.38. The van der Waals surface area contributed by atoms with Gasteiger partial charge in [0.25, 0.3) is 0 Å². The van der Waals surface area contributed by atoms with Gasteiger partial charge in [-0.1, -0.05) is 12.1 Å². The van der Waals surface area contributed by atoms with Crippen LogP contribution in [0.25, 0.3) is 0 Å². The summed E-state index contributed by atoms with van der Waals surface area (Å²) in [6, 6.07) is 6.19. The van der Waals surface area contributed by atoms with Gasteiger partial charge < -0.3 is 15.0 Å². The van der Waals surface area contributed by atoms with Gasteiger partial charge in [-0.25, -0.2) is 0 Å². The number of nitrogens with zero attached hydrogens (tertiary/aromatic N) is 1. The minimum absolute atomic E-state index is 0.728. The summed E-state index contributed by atoms with van der Waals surface area (Å²) in [7, 11) is 4.20. The van der Waals surface area contributed by atoms with Gasteiger partial charge in [0.1, 0.15) is 12.4 Å². The zero-order chi connectivity index (χ0) is 13.4. The largest absolute Gasteiger partial charge is 0.492 e.